The summed E-state index contributed by atoms with van der Waals surface area (Å²) in [6.07, 6.45) is 3.56. The lowest BCUT2D eigenvalue weighted by atomic mass is 10.1. The lowest BCUT2D eigenvalue weighted by Crippen LogP contribution is -2.36. The Morgan fingerprint density at radius 2 is 2.38 bits per heavy atom. The number of nitrogens with zero attached hydrogens (tertiary/aromatic N) is 2. The summed E-state index contributed by atoms with van der Waals surface area (Å²) >= 11 is 1.60. The zero-order valence-corrected chi connectivity index (χ0v) is 10.5. The van der Waals surface area contributed by atoms with E-state index in [0.717, 1.165) is 0 Å². The van der Waals surface area contributed by atoms with Gasteiger partial charge in [-0.05, 0) is 13.2 Å². The maximum Gasteiger partial charge on any atom is 0.226 e. The maximum absolute atomic E-state index is 9.93. The van der Waals surface area contributed by atoms with Crippen LogP contribution >= 0.6 is 11.8 Å². The van der Waals surface area contributed by atoms with Gasteiger partial charge in [0.15, 0.2) is 0 Å². The summed E-state index contributed by atoms with van der Waals surface area (Å²) < 4.78 is 4.98. The molecule has 1 atom stereocenters. The summed E-state index contributed by atoms with van der Waals surface area (Å²) in [6, 6.07) is 1.67. The lowest BCUT2D eigenvalue weighted by Gasteiger charge is -2.22. The number of aliphatic hydroxyl groups is 1. The Morgan fingerprint density at radius 1 is 1.62 bits per heavy atom. The molecule has 0 fully saturated rings. The molecule has 0 saturated heterocycles. The Morgan fingerprint density at radius 3 is 3.00 bits per heavy atom. The van der Waals surface area contributed by atoms with Crippen molar-refractivity contribution in [2.24, 2.45) is 0 Å². The molecule has 0 saturated carbocycles. The maximum atomic E-state index is 9.93. The number of ether oxygens (including phenoxy) is 1. The van der Waals surface area contributed by atoms with Gasteiger partial charge in [-0.3, -0.25) is 0 Å². The topological polar surface area (TPSA) is 67.3 Å². The minimum absolute atomic E-state index is 0.404. The van der Waals surface area contributed by atoms with E-state index >= 15 is 0 Å². The Hall–Kier alpha value is -1.01. The molecule has 5 nitrogen and oxygen atoms in total. The van der Waals surface area contributed by atoms with Gasteiger partial charge in [0.25, 0.3) is 0 Å². The van der Waals surface area contributed by atoms with E-state index in [9.17, 15) is 5.11 Å². The van der Waals surface area contributed by atoms with Gasteiger partial charge in [-0.15, -0.1) is 0 Å². The van der Waals surface area contributed by atoms with Gasteiger partial charge >= 0.3 is 0 Å². The van der Waals surface area contributed by atoms with Crippen LogP contribution in [0.5, 0.6) is 5.88 Å². The molecule has 1 heterocycles. The van der Waals surface area contributed by atoms with E-state index in [2.05, 4.69) is 15.3 Å². The zero-order chi connectivity index (χ0) is 12.0. The largest absolute Gasteiger partial charge is 0.481 e. The first-order valence-electron chi connectivity index (χ1n) is 4.89. The smallest absolute Gasteiger partial charge is 0.226 e. The number of hydrogen-bond acceptors (Lipinski definition) is 6. The van der Waals surface area contributed by atoms with Crippen LogP contribution in [0.25, 0.3) is 0 Å². The minimum atomic E-state index is -0.772. The molecule has 0 bridgehead atoms. The fraction of sp³-hybridized carbons (Fsp3) is 0.600. The van der Waals surface area contributed by atoms with Gasteiger partial charge in [0.2, 0.25) is 11.8 Å². The zero-order valence-electron chi connectivity index (χ0n) is 9.73. The Kier molecular flexibility index (Phi) is 4.82. The monoisotopic (exact) mass is 243 g/mol. The SMILES string of the molecule is COc1ccnc(NCC(C)(O)CSC)n1. The number of thioether (sulfide) groups is 1. The Bertz CT molecular complexity index is 334. The molecule has 0 radical (unpaired) electrons. The van der Waals surface area contributed by atoms with E-state index in [1.54, 1.807) is 38.1 Å². The fourth-order valence-electron chi connectivity index (χ4n) is 1.17. The van der Waals surface area contributed by atoms with Crippen molar-refractivity contribution in [2.75, 3.05) is 31.0 Å². The predicted molar refractivity (Wildman–Crippen MR) is 66.1 cm³/mol. The van der Waals surface area contributed by atoms with Crippen LogP contribution in [0.2, 0.25) is 0 Å². The number of nitrogens with one attached hydrogen (secondary N) is 1. The van der Waals surface area contributed by atoms with Gasteiger partial charge in [-0.1, -0.05) is 0 Å². The summed E-state index contributed by atoms with van der Waals surface area (Å²) in [5.74, 6) is 1.62. The number of rotatable bonds is 6. The third-order valence-corrected chi connectivity index (χ3v) is 2.83. The molecular weight excluding hydrogens is 226 g/mol. The number of hydrogen-bond donors (Lipinski definition) is 2. The molecule has 6 heteroatoms. The number of anilines is 1. The second kappa shape index (κ2) is 5.91. The van der Waals surface area contributed by atoms with Gasteiger partial charge in [0.1, 0.15) is 0 Å². The molecule has 0 amide bonds. The van der Waals surface area contributed by atoms with Crippen LogP contribution in [0.4, 0.5) is 5.95 Å². The normalized spacial score (nSPS) is 14.2. The molecule has 0 aliphatic carbocycles. The van der Waals surface area contributed by atoms with Crippen LogP contribution in [0.3, 0.4) is 0 Å². The van der Waals surface area contributed by atoms with Crippen LogP contribution in [-0.4, -0.2) is 46.3 Å². The number of methoxy groups -OCH3 is 1. The van der Waals surface area contributed by atoms with Crippen LogP contribution in [0.1, 0.15) is 6.92 Å². The quantitative estimate of drug-likeness (QED) is 0.777. The predicted octanol–water partition coefficient (Wildman–Crippen LogP) is 1.01. The summed E-state index contributed by atoms with van der Waals surface area (Å²) in [5.41, 5.74) is -0.772. The van der Waals surface area contributed by atoms with Crippen LogP contribution in [0.15, 0.2) is 12.3 Å². The molecule has 1 aromatic rings. The third kappa shape index (κ3) is 4.24. The van der Waals surface area contributed by atoms with Gasteiger partial charge in [-0.25, -0.2) is 4.98 Å². The van der Waals surface area contributed by atoms with E-state index in [1.807, 2.05) is 6.26 Å². The first-order valence-corrected chi connectivity index (χ1v) is 6.29. The molecule has 1 aromatic heterocycles. The van der Waals surface area contributed by atoms with Crippen LogP contribution in [-0.2, 0) is 0 Å². The molecule has 2 N–H and O–H groups in total. The minimum Gasteiger partial charge on any atom is -0.481 e. The van der Waals surface area contributed by atoms with Gasteiger partial charge in [-0.2, -0.15) is 16.7 Å². The van der Waals surface area contributed by atoms with E-state index in [-0.39, 0.29) is 0 Å². The van der Waals surface area contributed by atoms with E-state index in [1.165, 1.54) is 0 Å². The van der Waals surface area contributed by atoms with Crippen molar-refractivity contribution in [3.63, 3.8) is 0 Å². The third-order valence-electron chi connectivity index (χ3n) is 1.92. The van der Waals surface area contributed by atoms with Crippen molar-refractivity contribution in [3.05, 3.63) is 12.3 Å². The molecule has 0 spiro atoms. The number of aromatic nitrogens is 2. The fourth-order valence-corrected chi connectivity index (χ4v) is 1.90. The molecular formula is C10H17N3O2S. The summed E-state index contributed by atoms with van der Waals surface area (Å²) in [4.78, 5) is 8.12. The summed E-state index contributed by atoms with van der Waals surface area (Å²) in [6.45, 7) is 2.18. The molecule has 90 valence electrons. The van der Waals surface area contributed by atoms with Crippen molar-refractivity contribution in [2.45, 2.75) is 12.5 Å². The standard InChI is InChI=1S/C10H17N3O2S/c1-10(14,7-16-3)6-12-9-11-5-4-8(13-9)15-2/h4-5,14H,6-7H2,1-3H3,(H,11,12,13). The van der Waals surface area contributed by atoms with Crippen LogP contribution < -0.4 is 10.1 Å². The average Bonchev–Trinajstić information content (AvgIpc) is 2.27. The highest BCUT2D eigenvalue weighted by Gasteiger charge is 2.19. The van der Waals surface area contributed by atoms with Crippen LogP contribution in [0, 0.1) is 0 Å². The molecule has 0 aromatic carbocycles. The average molecular weight is 243 g/mol. The Balaban J connectivity index is 2.53. The first-order chi connectivity index (χ1) is 7.57. The Labute approximate surface area is 99.6 Å². The van der Waals surface area contributed by atoms with Gasteiger partial charge in [0, 0.05) is 24.6 Å². The molecule has 0 aliphatic rings. The van der Waals surface area contributed by atoms with E-state index in [0.29, 0.717) is 24.1 Å². The summed E-state index contributed by atoms with van der Waals surface area (Å²) in [7, 11) is 1.55. The molecule has 16 heavy (non-hydrogen) atoms. The van der Waals surface area contributed by atoms with Crippen molar-refractivity contribution >= 4 is 17.7 Å². The van der Waals surface area contributed by atoms with Crippen molar-refractivity contribution in [1.29, 1.82) is 0 Å². The molecule has 1 unspecified atom stereocenters. The highest BCUT2D eigenvalue weighted by Crippen LogP contribution is 2.12. The highest BCUT2D eigenvalue weighted by atomic mass is 32.2. The van der Waals surface area contributed by atoms with Gasteiger partial charge in [0.05, 0.1) is 12.7 Å². The second-order valence-electron chi connectivity index (χ2n) is 3.71. The highest BCUT2D eigenvalue weighted by molar-refractivity contribution is 7.98. The van der Waals surface area contributed by atoms with E-state index in [4.69, 9.17) is 4.74 Å². The molecule has 1 rings (SSSR count). The lowest BCUT2D eigenvalue weighted by molar-refractivity contribution is 0.0995. The molecule has 0 aliphatic heterocycles. The van der Waals surface area contributed by atoms with Crippen molar-refractivity contribution < 1.29 is 9.84 Å². The van der Waals surface area contributed by atoms with E-state index < -0.39 is 5.60 Å². The first kappa shape index (κ1) is 13.1. The van der Waals surface area contributed by atoms with Crippen molar-refractivity contribution in [3.8, 4) is 5.88 Å². The summed E-state index contributed by atoms with van der Waals surface area (Å²) in [5, 5.41) is 12.9. The van der Waals surface area contributed by atoms with Crippen molar-refractivity contribution in [1.82, 2.24) is 9.97 Å². The van der Waals surface area contributed by atoms with Gasteiger partial charge < -0.3 is 15.2 Å². The second-order valence-corrected chi connectivity index (χ2v) is 4.57.